The molecule has 236 valence electrons. The molecule has 40 heavy (non-hydrogen) atoms. The van der Waals surface area contributed by atoms with Gasteiger partial charge in [0.15, 0.2) is 0 Å². The van der Waals surface area contributed by atoms with Crippen molar-refractivity contribution in [2.75, 3.05) is 0 Å². The molecular weight excluding hydrogens is 530 g/mol. The Labute approximate surface area is 239 Å². The Morgan fingerprint density at radius 3 is 2.00 bits per heavy atom. The summed E-state index contributed by atoms with van der Waals surface area (Å²) in [7, 11) is 0. The lowest BCUT2D eigenvalue weighted by molar-refractivity contribution is -0.347. The van der Waals surface area contributed by atoms with E-state index in [1.807, 2.05) is 20.8 Å². The van der Waals surface area contributed by atoms with Crippen LogP contribution in [0.1, 0.15) is 126 Å². The van der Waals surface area contributed by atoms with Crippen LogP contribution >= 0.6 is 0 Å². The first-order valence-corrected chi connectivity index (χ1v) is 14.9. The zero-order chi connectivity index (χ0) is 31.4. The van der Waals surface area contributed by atoms with E-state index in [9.17, 15) is 31.4 Å². The summed E-state index contributed by atoms with van der Waals surface area (Å²) in [5, 5.41) is 18.6. The minimum atomic E-state index is -5.79. The van der Waals surface area contributed by atoms with Crippen LogP contribution in [0.5, 0.6) is 0 Å². The van der Waals surface area contributed by atoms with Gasteiger partial charge in [0.05, 0.1) is 6.10 Å². The Balaban J connectivity index is 0.000000716. The van der Waals surface area contributed by atoms with Gasteiger partial charge in [-0.1, -0.05) is 97.6 Å². The van der Waals surface area contributed by atoms with Crippen molar-refractivity contribution in [1.82, 2.24) is 0 Å². The van der Waals surface area contributed by atoms with E-state index in [0.717, 1.165) is 31.8 Å². The molecule has 2 rings (SSSR count). The molecule has 0 bridgehead atoms. The molecule has 2 saturated carbocycles. The average molecular weight is 585 g/mol. The van der Waals surface area contributed by atoms with E-state index in [2.05, 4.69) is 32.9 Å². The first kappa shape index (κ1) is 38.7. The van der Waals surface area contributed by atoms with Gasteiger partial charge in [-0.25, -0.2) is 0 Å². The molecule has 0 spiro atoms. The predicted molar refractivity (Wildman–Crippen MR) is 153 cm³/mol. The van der Waals surface area contributed by atoms with Gasteiger partial charge < -0.3 is 10.2 Å². The molecule has 0 amide bonds. The first-order chi connectivity index (χ1) is 18.3. The predicted octanol–water partition coefficient (Wildman–Crippen LogP) is 10.7. The molecule has 0 aromatic rings. The highest BCUT2D eigenvalue weighted by atomic mass is 19.4. The molecule has 2 nitrogen and oxygen atoms in total. The Kier molecular flexibility index (Phi) is 15.9. The number of aliphatic hydroxyl groups excluding tert-OH is 1. The van der Waals surface area contributed by atoms with Crippen molar-refractivity contribution in [1.29, 1.82) is 0 Å². The third kappa shape index (κ3) is 11.5. The van der Waals surface area contributed by atoms with Crippen molar-refractivity contribution >= 4 is 0 Å². The maximum Gasteiger partial charge on any atom is 0.429 e. The molecule has 0 aromatic heterocycles. The van der Waals surface area contributed by atoms with Gasteiger partial charge >= 0.3 is 12.4 Å². The fourth-order valence-electron chi connectivity index (χ4n) is 5.41. The molecule has 2 fully saturated rings. The van der Waals surface area contributed by atoms with Gasteiger partial charge in [-0.3, -0.25) is 0 Å². The smallest absolute Gasteiger partial charge is 0.393 e. The van der Waals surface area contributed by atoms with E-state index in [-0.39, 0.29) is 18.6 Å². The summed E-state index contributed by atoms with van der Waals surface area (Å²) >= 11 is 0. The molecular formula is C32H54F6O2. The summed E-state index contributed by atoms with van der Waals surface area (Å²) < 4.78 is 74.1. The van der Waals surface area contributed by atoms with Gasteiger partial charge in [0.25, 0.3) is 5.60 Å². The molecule has 0 radical (unpaired) electrons. The Morgan fingerprint density at radius 1 is 0.950 bits per heavy atom. The van der Waals surface area contributed by atoms with Crippen molar-refractivity contribution in [3.63, 3.8) is 0 Å². The topological polar surface area (TPSA) is 40.5 Å². The van der Waals surface area contributed by atoms with Crippen LogP contribution < -0.4 is 0 Å². The van der Waals surface area contributed by atoms with Crippen LogP contribution in [-0.2, 0) is 0 Å². The molecule has 2 N–H and O–H groups in total. The molecule has 0 aliphatic heterocycles. The SMILES string of the molecule is CC.CCCC(C)(C)C/C=C/C(O)(C(F)(F)F)C(F)(F)F.CC[C@@]1(C)CCC/C(=C\C=C2\CCCC(O)C2)C1C. The number of rotatable bonds is 7. The van der Waals surface area contributed by atoms with Gasteiger partial charge in [-0.05, 0) is 80.6 Å². The van der Waals surface area contributed by atoms with Crippen LogP contribution in [0.25, 0.3) is 0 Å². The minimum Gasteiger partial charge on any atom is -0.393 e. The van der Waals surface area contributed by atoms with Crippen LogP contribution in [0.3, 0.4) is 0 Å². The van der Waals surface area contributed by atoms with Crippen LogP contribution in [0.4, 0.5) is 26.3 Å². The van der Waals surface area contributed by atoms with Crippen LogP contribution in [0.2, 0.25) is 0 Å². The van der Waals surface area contributed by atoms with E-state index in [0.29, 0.717) is 17.8 Å². The van der Waals surface area contributed by atoms with Gasteiger partial charge in [0.1, 0.15) is 0 Å². The summed E-state index contributed by atoms with van der Waals surface area (Å²) in [6.07, 6.45) is 4.47. The lowest BCUT2D eigenvalue weighted by atomic mass is 9.64. The maximum atomic E-state index is 12.3. The van der Waals surface area contributed by atoms with E-state index in [1.54, 1.807) is 19.4 Å². The fraction of sp³-hybridized carbons (Fsp3) is 0.812. The fourth-order valence-corrected chi connectivity index (χ4v) is 5.41. The van der Waals surface area contributed by atoms with Crippen molar-refractivity contribution in [2.45, 2.75) is 150 Å². The minimum absolute atomic E-state index is 0.0231. The van der Waals surface area contributed by atoms with Crippen LogP contribution in [0, 0.1) is 16.7 Å². The van der Waals surface area contributed by atoms with E-state index in [4.69, 9.17) is 5.11 Å². The molecule has 2 aliphatic carbocycles. The van der Waals surface area contributed by atoms with Crippen molar-refractivity contribution in [2.24, 2.45) is 16.7 Å². The van der Waals surface area contributed by atoms with Gasteiger partial charge in [0.2, 0.25) is 0 Å². The Morgan fingerprint density at radius 2 is 1.52 bits per heavy atom. The van der Waals surface area contributed by atoms with Gasteiger partial charge in [0, 0.05) is 0 Å². The molecule has 0 saturated heterocycles. The number of hydrogen-bond donors (Lipinski definition) is 2. The lowest BCUT2D eigenvalue weighted by Crippen LogP contribution is -2.55. The van der Waals surface area contributed by atoms with Gasteiger partial charge in [-0.15, -0.1) is 0 Å². The van der Waals surface area contributed by atoms with Gasteiger partial charge in [-0.2, -0.15) is 26.3 Å². The summed E-state index contributed by atoms with van der Waals surface area (Å²) in [5.74, 6) is 0.705. The molecule has 0 aromatic carbocycles. The lowest BCUT2D eigenvalue weighted by Gasteiger charge is -2.41. The monoisotopic (exact) mass is 584 g/mol. The molecule has 0 heterocycles. The van der Waals surface area contributed by atoms with Crippen LogP contribution in [0.15, 0.2) is 35.5 Å². The number of alkyl halides is 6. The highest BCUT2D eigenvalue weighted by Gasteiger charge is 2.68. The number of allylic oxidation sites excluding steroid dienone is 4. The van der Waals surface area contributed by atoms with Crippen molar-refractivity contribution in [3.05, 3.63) is 35.5 Å². The maximum absolute atomic E-state index is 12.3. The summed E-state index contributed by atoms with van der Waals surface area (Å²) in [6, 6.07) is 0. The van der Waals surface area contributed by atoms with E-state index >= 15 is 0 Å². The quantitative estimate of drug-likeness (QED) is 0.231. The van der Waals surface area contributed by atoms with Crippen LogP contribution in [-0.4, -0.2) is 34.3 Å². The largest absolute Gasteiger partial charge is 0.429 e. The van der Waals surface area contributed by atoms with Crippen molar-refractivity contribution < 1.29 is 36.6 Å². The Bertz CT molecular complexity index is 808. The van der Waals surface area contributed by atoms with E-state index in [1.165, 1.54) is 37.7 Å². The first-order valence-electron chi connectivity index (χ1n) is 14.9. The third-order valence-corrected chi connectivity index (χ3v) is 8.51. The second-order valence-corrected chi connectivity index (χ2v) is 12.2. The normalized spacial score (nSPS) is 26.8. The standard InChI is InChI=1S/C18H30O.C12H18F6O.C2H6/c1-4-18(3)12-6-8-16(14(18)2)11-10-15-7-5-9-17(19)13-15;1-4-6-9(2,3)7-5-8-10(19,11(13,14)15)12(16,17)18;1-2/h10-11,14,17,19H,4-9,12-13H2,1-3H3;5,8,19H,4,6-7H2,1-3H3;1-2H3/b15-10-,16-11+;8-5+;/t14?,17?,18-;;/m0../s1. The zero-order valence-corrected chi connectivity index (χ0v) is 25.9. The molecule has 2 aliphatic rings. The summed E-state index contributed by atoms with van der Waals surface area (Å²) in [5.41, 5.74) is -1.63. The number of halogens is 6. The number of hydrogen-bond acceptors (Lipinski definition) is 2. The third-order valence-electron chi connectivity index (χ3n) is 8.51. The second-order valence-electron chi connectivity index (χ2n) is 12.2. The number of aliphatic hydroxyl groups is 2. The van der Waals surface area contributed by atoms with Crippen molar-refractivity contribution in [3.8, 4) is 0 Å². The second kappa shape index (κ2) is 16.4. The molecule has 3 atom stereocenters. The van der Waals surface area contributed by atoms with E-state index < -0.39 is 23.4 Å². The average Bonchev–Trinajstić information content (AvgIpc) is 2.85. The highest BCUT2D eigenvalue weighted by Crippen LogP contribution is 2.46. The summed E-state index contributed by atoms with van der Waals surface area (Å²) in [4.78, 5) is 0. The highest BCUT2D eigenvalue weighted by molar-refractivity contribution is 5.23. The molecule has 2 unspecified atom stereocenters. The molecule has 8 heteroatoms. The zero-order valence-electron chi connectivity index (χ0n) is 25.9. The summed E-state index contributed by atoms with van der Waals surface area (Å²) in [6.45, 7) is 16.5. The Hall–Kier alpha value is -1.28.